The second-order valence-corrected chi connectivity index (χ2v) is 2.42. The smallest absolute Gasteiger partial charge is 0.218 e. The molecule has 0 aromatic heterocycles. The van der Waals surface area contributed by atoms with Crippen LogP contribution < -0.4 is 9.47 Å². The van der Waals surface area contributed by atoms with Gasteiger partial charge in [0.25, 0.3) is 0 Å². The van der Waals surface area contributed by atoms with Gasteiger partial charge < -0.3 is 9.47 Å². The Labute approximate surface area is 70.1 Å². The third-order valence-corrected chi connectivity index (χ3v) is 1.59. The van der Waals surface area contributed by atoms with Crippen molar-refractivity contribution in [2.24, 2.45) is 0 Å². The lowest BCUT2D eigenvalue weighted by Gasteiger charge is -2.21. The van der Waals surface area contributed by atoms with Crippen molar-refractivity contribution in [2.45, 2.75) is 6.10 Å². The summed E-state index contributed by atoms with van der Waals surface area (Å²) in [5.41, 5.74) is 0. The van der Waals surface area contributed by atoms with Crippen molar-refractivity contribution in [1.29, 1.82) is 5.26 Å². The van der Waals surface area contributed by atoms with Crippen LogP contribution in [-0.4, -0.2) is 12.7 Å². The molecule has 1 heterocycles. The highest BCUT2D eigenvalue weighted by Gasteiger charge is 2.19. The van der Waals surface area contributed by atoms with Gasteiger partial charge in [-0.3, -0.25) is 0 Å². The maximum atomic E-state index is 8.55. The number of nitrogens with zero attached hydrogens (tertiary/aromatic N) is 1. The molecule has 1 aliphatic heterocycles. The van der Waals surface area contributed by atoms with Crippen molar-refractivity contribution in [2.75, 3.05) is 6.61 Å². The van der Waals surface area contributed by atoms with E-state index in [1.807, 2.05) is 6.07 Å². The molecule has 0 fully saturated rings. The Morgan fingerprint density at radius 1 is 1.58 bits per heavy atom. The summed E-state index contributed by atoms with van der Waals surface area (Å²) in [6.45, 7) is 0.293. The van der Waals surface area contributed by atoms with E-state index in [2.05, 4.69) is 6.07 Å². The highest BCUT2D eigenvalue weighted by molar-refractivity contribution is 5.40. The second-order valence-electron chi connectivity index (χ2n) is 2.42. The molecule has 12 heavy (non-hydrogen) atoms. The molecule has 59 valence electrons. The summed E-state index contributed by atoms with van der Waals surface area (Å²) in [4.78, 5) is 0. The van der Waals surface area contributed by atoms with Gasteiger partial charge in [0, 0.05) is 0 Å². The van der Waals surface area contributed by atoms with Gasteiger partial charge in [-0.2, -0.15) is 5.26 Å². The summed E-state index contributed by atoms with van der Waals surface area (Å²) in [6, 6.07) is 10.0. The molecule has 1 aliphatic rings. The number of hydrogen-bond acceptors (Lipinski definition) is 3. The summed E-state index contributed by atoms with van der Waals surface area (Å²) < 4.78 is 10.5. The van der Waals surface area contributed by atoms with Crippen LogP contribution in [0.5, 0.6) is 11.5 Å². The fourth-order valence-electron chi connectivity index (χ4n) is 1.03. The van der Waals surface area contributed by atoms with Gasteiger partial charge in [-0.05, 0) is 18.2 Å². The van der Waals surface area contributed by atoms with Gasteiger partial charge in [0.1, 0.15) is 12.7 Å². The normalized spacial score (nSPS) is 19.8. The molecular formula is C9H6NO2. The summed E-state index contributed by atoms with van der Waals surface area (Å²) in [5.74, 6) is 1.27. The molecule has 1 unspecified atom stereocenters. The summed E-state index contributed by atoms with van der Waals surface area (Å²) >= 11 is 0. The molecular weight excluding hydrogens is 154 g/mol. The minimum absolute atomic E-state index is 0.293. The SMILES string of the molecule is N#CC1COc2c[c]ccc2O1. The van der Waals surface area contributed by atoms with Gasteiger partial charge in [-0.1, -0.05) is 6.07 Å². The molecule has 0 saturated carbocycles. The zero-order valence-corrected chi connectivity index (χ0v) is 6.28. The Balaban J connectivity index is 2.30. The van der Waals surface area contributed by atoms with Crippen LogP contribution in [0.1, 0.15) is 0 Å². The Morgan fingerprint density at radius 2 is 2.50 bits per heavy atom. The van der Waals surface area contributed by atoms with E-state index in [-0.39, 0.29) is 0 Å². The van der Waals surface area contributed by atoms with Crippen LogP contribution in [0.4, 0.5) is 0 Å². The van der Waals surface area contributed by atoms with E-state index in [9.17, 15) is 0 Å². The zero-order valence-electron chi connectivity index (χ0n) is 6.28. The Hall–Kier alpha value is -1.69. The van der Waals surface area contributed by atoms with Crippen LogP contribution in [0.25, 0.3) is 0 Å². The average Bonchev–Trinajstić information content (AvgIpc) is 2.17. The summed E-state index contributed by atoms with van der Waals surface area (Å²) in [6.07, 6.45) is -0.486. The van der Waals surface area contributed by atoms with Crippen LogP contribution in [0.3, 0.4) is 0 Å². The number of hydrogen-bond donors (Lipinski definition) is 0. The van der Waals surface area contributed by atoms with E-state index < -0.39 is 6.10 Å². The Bertz CT molecular complexity index is 330. The van der Waals surface area contributed by atoms with Gasteiger partial charge in [0.15, 0.2) is 11.5 Å². The molecule has 0 aliphatic carbocycles. The lowest BCUT2D eigenvalue weighted by Crippen LogP contribution is -2.27. The standard InChI is InChI=1S/C9H6NO2/c10-5-7-6-11-8-3-1-2-4-9(8)12-7/h2-4,7H,6H2. The van der Waals surface area contributed by atoms with Gasteiger partial charge in [0.05, 0.1) is 0 Å². The van der Waals surface area contributed by atoms with Gasteiger partial charge in [-0.25, -0.2) is 0 Å². The first-order valence-corrected chi connectivity index (χ1v) is 3.59. The molecule has 1 radical (unpaired) electrons. The van der Waals surface area contributed by atoms with Crippen LogP contribution >= 0.6 is 0 Å². The highest BCUT2D eigenvalue weighted by atomic mass is 16.6. The van der Waals surface area contributed by atoms with Crippen molar-refractivity contribution in [3.05, 3.63) is 24.3 Å². The number of rotatable bonds is 0. The predicted octanol–water partition coefficient (Wildman–Crippen LogP) is 1.15. The maximum absolute atomic E-state index is 8.55. The van der Waals surface area contributed by atoms with E-state index in [4.69, 9.17) is 14.7 Å². The van der Waals surface area contributed by atoms with Crippen molar-refractivity contribution in [3.8, 4) is 17.6 Å². The molecule has 2 rings (SSSR count). The van der Waals surface area contributed by atoms with Crippen molar-refractivity contribution >= 4 is 0 Å². The lowest BCUT2D eigenvalue weighted by molar-refractivity contribution is 0.127. The molecule has 1 aromatic rings. The minimum atomic E-state index is -0.486. The first kappa shape index (κ1) is 6.99. The molecule has 3 nitrogen and oxygen atoms in total. The van der Waals surface area contributed by atoms with Gasteiger partial charge in [0.2, 0.25) is 6.10 Å². The van der Waals surface area contributed by atoms with E-state index in [1.54, 1.807) is 18.2 Å². The fraction of sp³-hybridized carbons (Fsp3) is 0.222. The molecule has 0 bridgehead atoms. The lowest BCUT2D eigenvalue weighted by atomic mass is 10.3. The van der Waals surface area contributed by atoms with E-state index in [1.165, 1.54) is 0 Å². The number of ether oxygens (including phenoxy) is 2. The molecule has 0 saturated heterocycles. The summed E-state index contributed by atoms with van der Waals surface area (Å²) in [5, 5.41) is 8.55. The topological polar surface area (TPSA) is 42.2 Å². The van der Waals surface area contributed by atoms with Crippen LogP contribution in [0, 0.1) is 17.4 Å². The third-order valence-electron chi connectivity index (χ3n) is 1.59. The van der Waals surface area contributed by atoms with Crippen LogP contribution in [0.2, 0.25) is 0 Å². The number of benzene rings is 1. The second kappa shape index (κ2) is 2.74. The molecule has 0 N–H and O–H groups in total. The van der Waals surface area contributed by atoms with Crippen molar-refractivity contribution in [3.63, 3.8) is 0 Å². The number of fused-ring (bicyclic) bond motifs is 1. The molecule has 1 aromatic carbocycles. The predicted molar refractivity (Wildman–Crippen MR) is 40.8 cm³/mol. The maximum Gasteiger partial charge on any atom is 0.218 e. The number of nitriles is 1. The summed E-state index contributed by atoms with van der Waals surface area (Å²) in [7, 11) is 0. The largest absolute Gasteiger partial charge is 0.485 e. The fourth-order valence-corrected chi connectivity index (χ4v) is 1.03. The Morgan fingerprint density at radius 3 is 3.33 bits per heavy atom. The van der Waals surface area contributed by atoms with Crippen molar-refractivity contribution < 1.29 is 9.47 Å². The van der Waals surface area contributed by atoms with E-state index in [0.29, 0.717) is 18.1 Å². The Kier molecular flexibility index (Phi) is 1.60. The highest BCUT2D eigenvalue weighted by Crippen LogP contribution is 2.30. The zero-order chi connectivity index (χ0) is 8.39. The average molecular weight is 160 g/mol. The van der Waals surface area contributed by atoms with Crippen LogP contribution in [0.15, 0.2) is 18.2 Å². The quantitative estimate of drug-likeness (QED) is 0.571. The molecule has 3 heteroatoms. The van der Waals surface area contributed by atoms with Crippen LogP contribution in [-0.2, 0) is 0 Å². The van der Waals surface area contributed by atoms with E-state index in [0.717, 1.165) is 0 Å². The first-order valence-electron chi connectivity index (χ1n) is 3.59. The first-order chi connectivity index (χ1) is 5.90. The molecule has 0 spiro atoms. The minimum Gasteiger partial charge on any atom is -0.485 e. The molecule has 1 atom stereocenters. The molecule has 0 amide bonds. The third kappa shape index (κ3) is 1.08. The van der Waals surface area contributed by atoms with Gasteiger partial charge >= 0.3 is 0 Å². The monoisotopic (exact) mass is 160 g/mol. The van der Waals surface area contributed by atoms with E-state index >= 15 is 0 Å². The van der Waals surface area contributed by atoms with Crippen molar-refractivity contribution in [1.82, 2.24) is 0 Å². The van der Waals surface area contributed by atoms with Gasteiger partial charge in [-0.15, -0.1) is 0 Å².